The van der Waals surface area contributed by atoms with Gasteiger partial charge in [-0.3, -0.25) is 0 Å². The number of rotatable bonds is 11. The van der Waals surface area contributed by atoms with Crippen molar-refractivity contribution < 1.29 is 24.3 Å². The Morgan fingerprint density at radius 2 is 1.89 bits per heavy atom. The van der Waals surface area contributed by atoms with Crippen LogP contribution in [0.4, 0.5) is 4.79 Å². The topological polar surface area (TPSA) is 54.0 Å². The maximum atomic E-state index is 11.2. The first-order chi connectivity index (χ1) is 9.10. The van der Waals surface area contributed by atoms with Gasteiger partial charge in [-0.1, -0.05) is 47.0 Å². The smallest absolute Gasteiger partial charge is 0.432 e. The van der Waals surface area contributed by atoms with Crippen LogP contribution in [-0.4, -0.2) is 19.4 Å². The Morgan fingerprint density at radius 1 is 1.16 bits per heavy atom. The molecule has 0 amide bonds. The lowest BCUT2D eigenvalue weighted by Gasteiger charge is -2.13. The first kappa shape index (κ1) is 18.2. The maximum Gasteiger partial charge on any atom is 0.542 e. The van der Waals surface area contributed by atoms with Gasteiger partial charge in [-0.25, -0.2) is 9.68 Å². The lowest BCUT2D eigenvalue weighted by atomic mass is 10.0. The van der Waals surface area contributed by atoms with Gasteiger partial charge in [0.15, 0.2) is 0 Å². The van der Waals surface area contributed by atoms with Crippen molar-refractivity contribution in [2.45, 2.75) is 59.8 Å². The summed E-state index contributed by atoms with van der Waals surface area (Å²) in [6.07, 6.45) is 4.33. The molecule has 0 aromatic carbocycles. The van der Waals surface area contributed by atoms with Crippen LogP contribution in [0.3, 0.4) is 0 Å². The average Bonchev–Trinajstić information content (AvgIpc) is 2.38. The first-order valence-corrected chi connectivity index (χ1v) is 7.22. The zero-order valence-corrected chi connectivity index (χ0v) is 12.6. The molecular formula is C14H28O5. The minimum absolute atomic E-state index is 0.366. The number of hydrogen-bond acceptors (Lipinski definition) is 5. The Bertz CT molecular complexity index is 218. The van der Waals surface area contributed by atoms with Crippen molar-refractivity contribution in [2.75, 3.05) is 13.2 Å². The van der Waals surface area contributed by atoms with E-state index in [0.717, 1.165) is 32.1 Å². The molecule has 0 rings (SSSR count). The molecule has 5 nitrogen and oxygen atoms in total. The minimum Gasteiger partial charge on any atom is -0.432 e. The fraction of sp³-hybridized carbons (Fsp3) is 0.929. The van der Waals surface area contributed by atoms with E-state index in [1.807, 2.05) is 0 Å². The third-order valence-corrected chi connectivity index (χ3v) is 2.91. The van der Waals surface area contributed by atoms with Crippen LogP contribution in [0.25, 0.3) is 0 Å². The molecule has 0 saturated carbocycles. The van der Waals surface area contributed by atoms with Gasteiger partial charge in [-0.05, 0) is 29.7 Å². The average molecular weight is 276 g/mol. The van der Waals surface area contributed by atoms with Crippen LogP contribution in [0, 0.1) is 11.8 Å². The molecule has 114 valence electrons. The third-order valence-electron chi connectivity index (χ3n) is 2.91. The minimum atomic E-state index is -0.848. The molecule has 0 heterocycles. The molecular weight excluding hydrogens is 248 g/mol. The fourth-order valence-electron chi connectivity index (χ4n) is 1.48. The van der Waals surface area contributed by atoms with E-state index in [9.17, 15) is 4.79 Å². The van der Waals surface area contributed by atoms with E-state index in [1.54, 1.807) is 0 Å². The lowest BCUT2D eigenvalue weighted by molar-refractivity contribution is -0.486. The van der Waals surface area contributed by atoms with Crippen LogP contribution in [0.1, 0.15) is 59.8 Å². The van der Waals surface area contributed by atoms with Crippen molar-refractivity contribution in [3.8, 4) is 0 Å². The van der Waals surface area contributed by atoms with Gasteiger partial charge in [-0.2, -0.15) is 4.89 Å². The molecule has 0 saturated heterocycles. The lowest BCUT2D eigenvalue weighted by Crippen LogP contribution is -2.15. The molecule has 0 bridgehead atoms. The van der Waals surface area contributed by atoms with Crippen molar-refractivity contribution in [3.63, 3.8) is 0 Å². The number of carbonyl (C=O) groups excluding carboxylic acids is 1. The van der Waals surface area contributed by atoms with Crippen LogP contribution >= 0.6 is 0 Å². The number of carbonyl (C=O) groups is 1. The summed E-state index contributed by atoms with van der Waals surface area (Å²) in [5.41, 5.74) is 0. The van der Waals surface area contributed by atoms with E-state index in [4.69, 9.17) is 9.62 Å². The van der Waals surface area contributed by atoms with E-state index in [1.165, 1.54) is 0 Å². The zero-order chi connectivity index (χ0) is 14.5. The molecule has 0 aliphatic rings. The largest absolute Gasteiger partial charge is 0.542 e. The molecule has 0 spiro atoms. The molecule has 0 aliphatic heterocycles. The van der Waals surface area contributed by atoms with Gasteiger partial charge < -0.3 is 4.74 Å². The van der Waals surface area contributed by atoms with Crippen molar-refractivity contribution in [2.24, 2.45) is 11.8 Å². The molecule has 0 aromatic rings. The Balaban J connectivity index is 3.51. The SMILES string of the molecule is CCCCC(CC)COC(=O)OOOCCC(C)C. The molecule has 19 heavy (non-hydrogen) atoms. The number of hydrogen-bond donors (Lipinski definition) is 0. The van der Waals surface area contributed by atoms with Gasteiger partial charge in [0.25, 0.3) is 0 Å². The highest BCUT2D eigenvalue weighted by Crippen LogP contribution is 2.13. The van der Waals surface area contributed by atoms with E-state index < -0.39 is 6.16 Å². The second kappa shape index (κ2) is 12.2. The summed E-state index contributed by atoms with van der Waals surface area (Å²) in [7, 11) is 0. The van der Waals surface area contributed by atoms with Gasteiger partial charge in [0, 0.05) is 0 Å². The summed E-state index contributed by atoms with van der Waals surface area (Å²) >= 11 is 0. The van der Waals surface area contributed by atoms with Crippen molar-refractivity contribution >= 4 is 6.16 Å². The molecule has 0 radical (unpaired) electrons. The second-order valence-corrected chi connectivity index (χ2v) is 5.13. The standard InChI is InChI=1S/C14H28O5/c1-5-7-8-13(6-2)11-16-14(15)18-19-17-10-9-12(3)4/h12-13H,5-11H2,1-4H3. The first-order valence-electron chi connectivity index (χ1n) is 7.22. The molecule has 0 N–H and O–H groups in total. The highest BCUT2D eigenvalue weighted by atomic mass is 17.5. The predicted octanol–water partition coefficient (Wildman–Crippen LogP) is 4.27. The quantitative estimate of drug-likeness (QED) is 0.244. The maximum absolute atomic E-state index is 11.2. The van der Waals surface area contributed by atoms with Crippen LogP contribution < -0.4 is 0 Å². The van der Waals surface area contributed by atoms with Gasteiger partial charge in [0.05, 0.1) is 13.2 Å². The summed E-state index contributed by atoms with van der Waals surface area (Å²) in [5.74, 6) is 0.897. The summed E-state index contributed by atoms with van der Waals surface area (Å²) in [6.45, 7) is 9.12. The Morgan fingerprint density at radius 3 is 2.47 bits per heavy atom. The van der Waals surface area contributed by atoms with E-state index in [0.29, 0.717) is 25.0 Å². The summed E-state index contributed by atoms with van der Waals surface area (Å²) in [5, 5.41) is 4.32. The molecule has 0 aromatic heterocycles. The summed E-state index contributed by atoms with van der Waals surface area (Å²) in [4.78, 5) is 20.2. The van der Waals surface area contributed by atoms with Gasteiger partial charge in [-0.15, -0.1) is 0 Å². The molecule has 5 heteroatoms. The summed E-state index contributed by atoms with van der Waals surface area (Å²) in [6, 6.07) is 0. The van der Waals surface area contributed by atoms with Crippen molar-refractivity contribution in [1.82, 2.24) is 0 Å². The normalized spacial score (nSPS) is 12.5. The predicted molar refractivity (Wildman–Crippen MR) is 72.2 cm³/mol. The second-order valence-electron chi connectivity index (χ2n) is 5.13. The van der Waals surface area contributed by atoms with E-state index in [-0.39, 0.29) is 0 Å². The zero-order valence-electron chi connectivity index (χ0n) is 12.6. The summed E-state index contributed by atoms with van der Waals surface area (Å²) < 4.78 is 4.95. The molecule has 1 atom stereocenters. The Kier molecular flexibility index (Phi) is 11.7. The van der Waals surface area contributed by atoms with Crippen LogP contribution in [-0.2, 0) is 19.6 Å². The van der Waals surface area contributed by atoms with Gasteiger partial charge >= 0.3 is 6.16 Å². The Hall–Kier alpha value is -0.810. The third kappa shape index (κ3) is 12.0. The molecule has 0 fully saturated rings. The number of unbranched alkanes of at least 4 members (excludes halogenated alkanes) is 1. The number of ether oxygens (including phenoxy) is 1. The van der Waals surface area contributed by atoms with Gasteiger partial charge in [0.1, 0.15) is 0 Å². The van der Waals surface area contributed by atoms with Crippen molar-refractivity contribution in [1.29, 1.82) is 0 Å². The fourth-order valence-corrected chi connectivity index (χ4v) is 1.48. The highest BCUT2D eigenvalue weighted by Gasteiger charge is 2.11. The van der Waals surface area contributed by atoms with E-state index >= 15 is 0 Å². The molecule has 1 unspecified atom stereocenters. The highest BCUT2D eigenvalue weighted by molar-refractivity contribution is 5.58. The van der Waals surface area contributed by atoms with Crippen LogP contribution in [0.15, 0.2) is 0 Å². The van der Waals surface area contributed by atoms with Crippen molar-refractivity contribution in [3.05, 3.63) is 0 Å². The van der Waals surface area contributed by atoms with Crippen LogP contribution in [0.2, 0.25) is 0 Å². The Labute approximate surface area is 116 Å². The van der Waals surface area contributed by atoms with Crippen LogP contribution in [0.5, 0.6) is 0 Å². The molecule has 0 aliphatic carbocycles. The van der Waals surface area contributed by atoms with Gasteiger partial charge in [0.2, 0.25) is 0 Å². The van der Waals surface area contributed by atoms with E-state index in [2.05, 4.69) is 37.6 Å². The monoisotopic (exact) mass is 276 g/mol.